The van der Waals surface area contributed by atoms with Crippen molar-refractivity contribution in [1.29, 1.82) is 0 Å². The van der Waals surface area contributed by atoms with Crippen molar-refractivity contribution < 1.29 is 9.15 Å². The van der Waals surface area contributed by atoms with Crippen LogP contribution in [0.4, 0.5) is 0 Å². The molecule has 1 saturated carbocycles. The van der Waals surface area contributed by atoms with Gasteiger partial charge in [0.25, 0.3) is 0 Å². The normalized spacial score (nSPS) is 16.5. The van der Waals surface area contributed by atoms with Gasteiger partial charge in [0.05, 0.1) is 19.0 Å². The summed E-state index contributed by atoms with van der Waals surface area (Å²) in [7, 11) is 1.79. The number of hydrogen-bond acceptors (Lipinski definition) is 3. The van der Waals surface area contributed by atoms with Gasteiger partial charge in [-0.3, -0.25) is 4.99 Å². The van der Waals surface area contributed by atoms with Crippen LogP contribution in [0.3, 0.4) is 0 Å². The molecule has 0 radical (unpaired) electrons. The quantitative estimate of drug-likeness (QED) is 0.227. The smallest absolute Gasteiger partial charge is 0.191 e. The number of halogens is 1. The predicted octanol–water partition coefficient (Wildman–Crippen LogP) is 3.34. The SMILES string of the molecule is CN=C(NCCOC1CCCCCC1)NCCc1ccco1.I. The first-order chi connectivity index (χ1) is 10.9. The number of nitrogens with one attached hydrogen (secondary N) is 2. The zero-order chi connectivity index (χ0) is 15.5. The van der Waals surface area contributed by atoms with Crippen LogP contribution in [-0.4, -0.2) is 38.8 Å². The van der Waals surface area contributed by atoms with E-state index in [-0.39, 0.29) is 24.0 Å². The Morgan fingerprint density at radius 2 is 1.96 bits per heavy atom. The summed E-state index contributed by atoms with van der Waals surface area (Å²) < 4.78 is 11.3. The lowest BCUT2D eigenvalue weighted by Gasteiger charge is -2.16. The van der Waals surface area contributed by atoms with Gasteiger partial charge in [-0.2, -0.15) is 0 Å². The largest absolute Gasteiger partial charge is 0.469 e. The third kappa shape index (κ3) is 8.60. The molecule has 0 bridgehead atoms. The fraction of sp³-hybridized carbons (Fsp3) is 0.706. The topological polar surface area (TPSA) is 58.8 Å². The maximum Gasteiger partial charge on any atom is 0.191 e. The molecule has 0 amide bonds. The van der Waals surface area contributed by atoms with Crippen molar-refractivity contribution in [2.45, 2.75) is 51.0 Å². The number of hydrogen-bond donors (Lipinski definition) is 2. The molecule has 1 aliphatic carbocycles. The second-order valence-electron chi connectivity index (χ2n) is 5.74. The molecular formula is C17H30IN3O2. The molecule has 132 valence electrons. The van der Waals surface area contributed by atoms with Crippen molar-refractivity contribution in [2.75, 3.05) is 26.7 Å². The number of furan rings is 1. The molecule has 2 N–H and O–H groups in total. The minimum absolute atomic E-state index is 0. The molecule has 23 heavy (non-hydrogen) atoms. The lowest BCUT2D eigenvalue weighted by Crippen LogP contribution is -2.40. The highest BCUT2D eigenvalue weighted by atomic mass is 127. The van der Waals surface area contributed by atoms with Gasteiger partial charge in [0, 0.05) is 26.6 Å². The van der Waals surface area contributed by atoms with Gasteiger partial charge in [0.2, 0.25) is 0 Å². The first kappa shape index (κ1) is 20.3. The van der Waals surface area contributed by atoms with Crippen LogP contribution in [0.5, 0.6) is 0 Å². The van der Waals surface area contributed by atoms with E-state index < -0.39 is 0 Å². The molecule has 1 aromatic heterocycles. The number of aliphatic imine (C=N–C) groups is 1. The van der Waals surface area contributed by atoms with E-state index in [2.05, 4.69) is 15.6 Å². The van der Waals surface area contributed by atoms with E-state index in [4.69, 9.17) is 9.15 Å². The second-order valence-corrected chi connectivity index (χ2v) is 5.74. The van der Waals surface area contributed by atoms with Crippen LogP contribution in [0.25, 0.3) is 0 Å². The van der Waals surface area contributed by atoms with Crippen LogP contribution in [0, 0.1) is 0 Å². The number of rotatable bonds is 7. The van der Waals surface area contributed by atoms with Crippen LogP contribution < -0.4 is 10.6 Å². The van der Waals surface area contributed by atoms with Crippen LogP contribution in [0.1, 0.15) is 44.3 Å². The Labute approximate surface area is 156 Å². The van der Waals surface area contributed by atoms with Gasteiger partial charge in [0.15, 0.2) is 5.96 Å². The monoisotopic (exact) mass is 435 g/mol. The van der Waals surface area contributed by atoms with Crippen molar-refractivity contribution in [1.82, 2.24) is 10.6 Å². The molecule has 0 aliphatic heterocycles. The third-order valence-corrected chi connectivity index (χ3v) is 4.02. The van der Waals surface area contributed by atoms with Gasteiger partial charge in [-0.05, 0) is 25.0 Å². The second kappa shape index (κ2) is 12.6. The maximum atomic E-state index is 5.96. The van der Waals surface area contributed by atoms with E-state index in [0.29, 0.717) is 6.10 Å². The standard InChI is InChI=1S/C17H29N3O2.HI/c1-18-17(19-11-10-16-9-6-13-21-16)20-12-14-22-15-7-4-2-3-5-8-15;/h6,9,13,15H,2-5,7-8,10-12,14H2,1H3,(H2,18,19,20);1H. The molecule has 1 aromatic rings. The summed E-state index contributed by atoms with van der Waals surface area (Å²) in [6.07, 6.45) is 10.8. The van der Waals surface area contributed by atoms with Gasteiger partial charge >= 0.3 is 0 Å². The lowest BCUT2D eigenvalue weighted by molar-refractivity contribution is 0.0468. The van der Waals surface area contributed by atoms with Crippen LogP contribution in [0.15, 0.2) is 27.8 Å². The van der Waals surface area contributed by atoms with Crippen molar-refractivity contribution in [3.05, 3.63) is 24.2 Å². The zero-order valence-corrected chi connectivity index (χ0v) is 16.4. The van der Waals surface area contributed by atoms with Crippen molar-refractivity contribution >= 4 is 29.9 Å². The average Bonchev–Trinajstić information content (AvgIpc) is 2.92. The summed E-state index contributed by atoms with van der Waals surface area (Å²) in [6.45, 7) is 2.33. The van der Waals surface area contributed by atoms with Gasteiger partial charge in [0.1, 0.15) is 5.76 Å². The molecule has 1 fully saturated rings. The van der Waals surface area contributed by atoms with E-state index in [1.807, 2.05) is 12.1 Å². The van der Waals surface area contributed by atoms with Crippen LogP contribution in [-0.2, 0) is 11.2 Å². The summed E-state index contributed by atoms with van der Waals surface area (Å²) in [4.78, 5) is 4.21. The van der Waals surface area contributed by atoms with E-state index in [1.54, 1.807) is 13.3 Å². The highest BCUT2D eigenvalue weighted by molar-refractivity contribution is 14.0. The molecule has 5 nitrogen and oxygen atoms in total. The minimum Gasteiger partial charge on any atom is -0.469 e. The summed E-state index contributed by atoms with van der Waals surface area (Å²) in [5.41, 5.74) is 0. The molecule has 6 heteroatoms. The Hall–Kier alpha value is -0.760. The summed E-state index contributed by atoms with van der Waals surface area (Å²) in [5, 5.41) is 6.57. The van der Waals surface area contributed by atoms with Crippen molar-refractivity contribution in [3.63, 3.8) is 0 Å². The van der Waals surface area contributed by atoms with Crippen molar-refractivity contribution in [3.8, 4) is 0 Å². The molecular weight excluding hydrogens is 405 g/mol. The molecule has 0 spiro atoms. The van der Waals surface area contributed by atoms with E-state index >= 15 is 0 Å². The summed E-state index contributed by atoms with van der Waals surface area (Å²) >= 11 is 0. The predicted molar refractivity (Wildman–Crippen MR) is 105 cm³/mol. The fourth-order valence-electron chi connectivity index (χ4n) is 2.78. The van der Waals surface area contributed by atoms with E-state index in [0.717, 1.165) is 37.8 Å². The number of guanidine groups is 1. The molecule has 0 atom stereocenters. The molecule has 0 aromatic carbocycles. The number of ether oxygens (including phenoxy) is 1. The maximum absolute atomic E-state index is 5.96. The molecule has 2 rings (SSSR count). The van der Waals surface area contributed by atoms with Gasteiger partial charge in [-0.25, -0.2) is 0 Å². The third-order valence-electron chi connectivity index (χ3n) is 4.02. The molecule has 0 unspecified atom stereocenters. The Bertz CT molecular complexity index is 415. The minimum atomic E-state index is 0. The van der Waals surface area contributed by atoms with Gasteiger partial charge in [-0.1, -0.05) is 25.7 Å². The molecule has 1 aliphatic rings. The Balaban J connectivity index is 0.00000264. The highest BCUT2D eigenvalue weighted by Crippen LogP contribution is 2.19. The zero-order valence-electron chi connectivity index (χ0n) is 14.1. The Morgan fingerprint density at radius 1 is 1.22 bits per heavy atom. The van der Waals surface area contributed by atoms with Crippen LogP contribution >= 0.6 is 24.0 Å². The fourth-order valence-corrected chi connectivity index (χ4v) is 2.78. The summed E-state index contributed by atoms with van der Waals surface area (Å²) in [5.74, 6) is 1.80. The highest BCUT2D eigenvalue weighted by Gasteiger charge is 2.12. The Kier molecular flexibility index (Phi) is 11.1. The average molecular weight is 435 g/mol. The number of nitrogens with zero attached hydrogens (tertiary/aromatic N) is 1. The van der Waals surface area contributed by atoms with Crippen LogP contribution in [0.2, 0.25) is 0 Å². The Morgan fingerprint density at radius 3 is 2.61 bits per heavy atom. The molecule has 0 saturated heterocycles. The summed E-state index contributed by atoms with van der Waals surface area (Å²) in [6, 6.07) is 3.89. The van der Waals surface area contributed by atoms with Gasteiger partial charge < -0.3 is 19.8 Å². The van der Waals surface area contributed by atoms with Crippen molar-refractivity contribution in [2.24, 2.45) is 4.99 Å². The molecule has 1 heterocycles. The van der Waals surface area contributed by atoms with E-state index in [1.165, 1.54) is 38.5 Å². The lowest BCUT2D eigenvalue weighted by atomic mass is 10.1. The first-order valence-electron chi connectivity index (χ1n) is 8.47. The van der Waals surface area contributed by atoms with Gasteiger partial charge in [-0.15, -0.1) is 24.0 Å². The first-order valence-corrected chi connectivity index (χ1v) is 8.47. The van der Waals surface area contributed by atoms with E-state index in [9.17, 15) is 0 Å².